The van der Waals surface area contributed by atoms with Gasteiger partial charge in [-0.3, -0.25) is 4.79 Å². The van der Waals surface area contributed by atoms with E-state index < -0.39 is 0 Å². The predicted molar refractivity (Wildman–Crippen MR) is 122 cm³/mol. The number of ether oxygens (including phenoxy) is 2. The molecule has 7 heteroatoms. The van der Waals surface area contributed by atoms with E-state index in [0.717, 1.165) is 27.9 Å². The molecular formula is C25H24N4O3. The molecule has 0 N–H and O–H groups in total. The summed E-state index contributed by atoms with van der Waals surface area (Å²) in [7, 11) is 0. The van der Waals surface area contributed by atoms with Crippen molar-refractivity contribution in [3.8, 4) is 22.7 Å². The zero-order valence-electron chi connectivity index (χ0n) is 17.9. The van der Waals surface area contributed by atoms with Gasteiger partial charge in [-0.15, -0.1) is 0 Å². The Kier molecular flexibility index (Phi) is 5.56. The number of para-hydroxylation sites is 1. The molecule has 1 amide bonds. The van der Waals surface area contributed by atoms with Crippen LogP contribution < -0.4 is 4.74 Å². The van der Waals surface area contributed by atoms with Gasteiger partial charge in [0.25, 0.3) is 5.91 Å². The molecule has 0 aliphatic carbocycles. The van der Waals surface area contributed by atoms with Crippen molar-refractivity contribution in [2.24, 2.45) is 0 Å². The summed E-state index contributed by atoms with van der Waals surface area (Å²) in [6.45, 7) is 4.21. The number of benzene rings is 2. The second-order valence-electron chi connectivity index (χ2n) is 7.69. The van der Waals surface area contributed by atoms with Crippen LogP contribution in [0, 0.1) is 6.92 Å². The molecule has 0 bridgehead atoms. The Morgan fingerprint density at radius 3 is 2.44 bits per heavy atom. The van der Waals surface area contributed by atoms with E-state index in [9.17, 15) is 4.79 Å². The standard InChI is InChI=1S/C25H24N4O3/c1-18-24-21(19-8-4-2-5-9-19)16-22(32-17-23(30)28-12-14-31-15-13-28)26-25(24)29(27-18)20-10-6-3-7-11-20/h2-11,16H,12-15,17H2,1H3. The summed E-state index contributed by atoms with van der Waals surface area (Å²) >= 11 is 0. The van der Waals surface area contributed by atoms with E-state index in [1.807, 2.05) is 66.2 Å². The fourth-order valence-corrected chi connectivity index (χ4v) is 3.97. The Balaban J connectivity index is 1.56. The van der Waals surface area contributed by atoms with Gasteiger partial charge in [0.1, 0.15) is 0 Å². The van der Waals surface area contributed by atoms with Crippen molar-refractivity contribution in [1.29, 1.82) is 0 Å². The van der Waals surface area contributed by atoms with Crippen LogP contribution in [0.2, 0.25) is 0 Å². The van der Waals surface area contributed by atoms with Gasteiger partial charge in [0.2, 0.25) is 5.88 Å². The highest BCUT2D eigenvalue weighted by Gasteiger charge is 2.20. The normalized spacial score (nSPS) is 14.0. The summed E-state index contributed by atoms with van der Waals surface area (Å²) in [5, 5.41) is 5.73. The van der Waals surface area contributed by atoms with Crippen LogP contribution in [-0.4, -0.2) is 58.5 Å². The summed E-state index contributed by atoms with van der Waals surface area (Å²) < 4.78 is 13.1. The average Bonchev–Trinajstić information content (AvgIpc) is 3.20. The van der Waals surface area contributed by atoms with Crippen molar-refractivity contribution in [1.82, 2.24) is 19.7 Å². The molecule has 3 heterocycles. The molecule has 4 aromatic rings. The summed E-state index contributed by atoms with van der Waals surface area (Å²) in [6.07, 6.45) is 0. The molecule has 7 nitrogen and oxygen atoms in total. The highest BCUT2D eigenvalue weighted by atomic mass is 16.5. The van der Waals surface area contributed by atoms with Crippen molar-refractivity contribution in [2.45, 2.75) is 6.92 Å². The second-order valence-corrected chi connectivity index (χ2v) is 7.69. The molecule has 5 rings (SSSR count). The molecule has 0 saturated carbocycles. The van der Waals surface area contributed by atoms with Crippen molar-refractivity contribution in [2.75, 3.05) is 32.9 Å². The monoisotopic (exact) mass is 428 g/mol. The smallest absolute Gasteiger partial charge is 0.260 e. The largest absolute Gasteiger partial charge is 0.467 e. The van der Waals surface area contributed by atoms with Crippen LogP contribution in [0.5, 0.6) is 5.88 Å². The van der Waals surface area contributed by atoms with Crippen LogP contribution in [0.4, 0.5) is 0 Å². The Morgan fingerprint density at radius 1 is 1.03 bits per heavy atom. The first-order valence-corrected chi connectivity index (χ1v) is 10.7. The quantitative estimate of drug-likeness (QED) is 0.486. The molecule has 0 atom stereocenters. The van der Waals surface area contributed by atoms with Gasteiger partial charge in [0.15, 0.2) is 12.3 Å². The number of rotatable bonds is 5. The van der Waals surface area contributed by atoms with Crippen LogP contribution in [0.1, 0.15) is 5.69 Å². The van der Waals surface area contributed by atoms with E-state index in [-0.39, 0.29) is 12.5 Å². The van der Waals surface area contributed by atoms with E-state index in [0.29, 0.717) is 37.8 Å². The van der Waals surface area contributed by atoms with Crippen molar-refractivity contribution >= 4 is 16.9 Å². The van der Waals surface area contributed by atoms with Crippen LogP contribution in [-0.2, 0) is 9.53 Å². The molecule has 32 heavy (non-hydrogen) atoms. The van der Waals surface area contributed by atoms with Crippen LogP contribution in [0.25, 0.3) is 27.8 Å². The lowest BCUT2D eigenvalue weighted by Crippen LogP contribution is -2.43. The zero-order valence-corrected chi connectivity index (χ0v) is 17.9. The van der Waals surface area contributed by atoms with E-state index in [1.54, 1.807) is 4.90 Å². The van der Waals surface area contributed by atoms with E-state index in [2.05, 4.69) is 12.1 Å². The first kappa shape index (κ1) is 20.2. The van der Waals surface area contributed by atoms with Gasteiger partial charge in [-0.05, 0) is 30.2 Å². The summed E-state index contributed by atoms with van der Waals surface area (Å²) in [6, 6.07) is 21.9. The molecule has 1 fully saturated rings. The van der Waals surface area contributed by atoms with Gasteiger partial charge >= 0.3 is 0 Å². The first-order valence-electron chi connectivity index (χ1n) is 10.7. The number of nitrogens with zero attached hydrogens (tertiary/aromatic N) is 4. The minimum atomic E-state index is -0.0656. The number of fused-ring (bicyclic) bond motifs is 1. The van der Waals surface area contributed by atoms with E-state index in [4.69, 9.17) is 19.6 Å². The zero-order chi connectivity index (χ0) is 21.9. The maximum absolute atomic E-state index is 12.6. The molecule has 0 radical (unpaired) electrons. The van der Waals surface area contributed by atoms with Gasteiger partial charge < -0.3 is 14.4 Å². The summed E-state index contributed by atoms with van der Waals surface area (Å²) in [4.78, 5) is 19.1. The molecule has 2 aromatic heterocycles. The van der Waals surface area contributed by atoms with Gasteiger partial charge in [-0.25, -0.2) is 4.68 Å². The highest BCUT2D eigenvalue weighted by molar-refractivity contribution is 5.96. The van der Waals surface area contributed by atoms with Crippen molar-refractivity contribution < 1.29 is 14.3 Å². The van der Waals surface area contributed by atoms with Crippen LogP contribution in [0.3, 0.4) is 0 Å². The third-order valence-corrected chi connectivity index (χ3v) is 5.58. The van der Waals surface area contributed by atoms with Crippen molar-refractivity contribution in [3.05, 3.63) is 72.4 Å². The molecule has 0 unspecified atom stereocenters. The van der Waals surface area contributed by atoms with E-state index in [1.165, 1.54) is 0 Å². The van der Waals surface area contributed by atoms with Crippen molar-refractivity contribution in [3.63, 3.8) is 0 Å². The number of morpholine rings is 1. The summed E-state index contributed by atoms with van der Waals surface area (Å²) in [5.41, 5.74) is 4.51. The number of hydrogen-bond donors (Lipinski definition) is 0. The number of aryl methyl sites for hydroxylation is 1. The molecule has 2 aromatic carbocycles. The lowest BCUT2D eigenvalue weighted by atomic mass is 10.0. The van der Waals surface area contributed by atoms with Gasteiger partial charge in [-0.1, -0.05) is 48.5 Å². The predicted octanol–water partition coefficient (Wildman–Crippen LogP) is 3.63. The molecule has 1 aliphatic heterocycles. The van der Waals surface area contributed by atoms with Crippen LogP contribution >= 0.6 is 0 Å². The fourth-order valence-electron chi connectivity index (χ4n) is 3.97. The third kappa shape index (κ3) is 3.94. The number of pyridine rings is 1. The molecule has 162 valence electrons. The Hall–Kier alpha value is -3.71. The Labute approximate surface area is 186 Å². The SMILES string of the molecule is Cc1nn(-c2ccccc2)c2nc(OCC(=O)N3CCOCC3)cc(-c3ccccc3)c12. The van der Waals surface area contributed by atoms with E-state index >= 15 is 0 Å². The minimum absolute atomic E-state index is 0.0643. The Morgan fingerprint density at radius 2 is 1.72 bits per heavy atom. The van der Waals surface area contributed by atoms with Gasteiger partial charge in [0.05, 0.1) is 30.0 Å². The molecule has 1 aliphatic rings. The average molecular weight is 428 g/mol. The lowest BCUT2D eigenvalue weighted by Gasteiger charge is -2.26. The fraction of sp³-hybridized carbons (Fsp3) is 0.240. The number of aromatic nitrogens is 3. The topological polar surface area (TPSA) is 69.5 Å². The van der Waals surface area contributed by atoms with Gasteiger partial charge in [0, 0.05) is 19.2 Å². The number of amides is 1. The number of hydrogen-bond acceptors (Lipinski definition) is 5. The molecular weight excluding hydrogens is 404 g/mol. The molecule has 0 spiro atoms. The molecule has 1 saturated heterocycles. The Bertz CT molecular complexity index is 1230. The number of carbonyl (C=O) groups is 1. The minimum Gasteiger partial charge on any atom is -0.467 e. The van der Waals surface area contributed by atoms with Crippen LogP contribution in [0.15, 0.2) is 66.7 Å². The first-order chi connectivity index (χ1) is 15.7. The second kappa shape index (κ2) is 8.80. The third-order valence-electron chi connectivity index (χ3n) is 5.58. The maximum atomic E-state index is 12.6. The highest BCUT2D eigenvalue weighted by Crippen LogP contribution is 2.34. The van der Waals surface area contributed by atoms with Gasteiger partial charge in [-0.2, -0.15) is 10.1 Å². The summed E-state index contributed by atoms with van der Waals surface area (Å²) in [5.74, 6) is 0.333. The number of carbonyl (C=O) groups excluding carboxylic acids is 1. The lowest BCUT2D eigenvalue weighted by molar-refractivity contribution is -0.137. The maximum Gasteiger partial charge on any atom is 0.260 e.